The van der Waals surface area contributed by atoms with Crippen LogP contribution in [0.3, 0.4) is 0 Å². The Kier molecular flexibility index (Phi) is 8.70. The fraction of sp³-hybridized carbons (Fsp3) is 0.342. The van der Waals surface area contributed by atoms with E-state index in [1.165, 1.54) is 18.7 Å². The maximum Gasteiger partial charge on any atom is 0.270 e. The summed E-state index contributed by atoms with van der Waals surface area (Å²) in [6.45, 7) is 3.00. The SMILES string of the molecule is COc1cc(F)cnc1N1CCN(C(=O)c2cc3c(-c4ccccc4C4CC4)cc(C4=CCCN(C(=O)CCn5ccnn5)C4)c(F)c3[nH]2)CC1. The first-order valence-electron chi connectivity index (χ1n) is 17.4. The summed E-state index contributed by atoms with van der Waals surface area (Å²) < 4.78 is 37.5. The van der Waals surface area contributed by atoms with Gasteiger partial charge in [0.05, 0.1) is 31.6 Å². The monoisotopic (exact) mass is 692 g/mol. The second-order valence-corrected chi connectivity index (χ2v) is 13.3. The van der Waals surface area contributed by atoms with Crippen molar-refractivity contribution in [2.45, 2.75) is 38.1 Å². The third kappa shape index (κ3) is 6.44. The quantitative estimate of drug-likeness (QED) is 0.212. The lowest BCUT2D eigenvalue weighted by Crippen LogP contribution is -2.49. The molecule has 51 heavy (non-hydrogen) atoms. The van der Waals surface area contributed by atoms with E-state index in [2.05, 4.69) is 32.4 Å². The number of aromatic amines is 1. The van der Waals surface area contributed by atoms with Gasteiger partial charge in [-0.3, -0.25) is 14.3 Å². The lowest BCUT2D eigenvalue weighted by molar-refractivity contribution is -0.131. The molecule has 2 aliphatic heterocycles. The minimum atomic E-state index is -0.484. The van der Waals surface area contributed by atoms with E-state index in [0.717, 1.165) is 35.7 Å². The number of aryl methyl sites for hydroxylation is 1. The van der Waals surface area contributed by atoms with Gasteiger partial charge in [-0.1, -0.05) is 35.6 Å². The van der Waals surface area contributed by atoms with Crippen LogP contribution in [0.2, 0.25) is 0 Å². The Morgan fingerprint density at radius 1 is 0.980 bits per heavy atom. The highest BCUT2D eigenvalue weighted by Crippen LogP contribution is 2.46. The minimum Gasteiger partial charge on any atom is -0.493 e. The van der Waals surface area contributed by atoms with Gasteiger partial charge in [-0.15, -0.1) is 5.10 Å². The van der Waals surface area contributed by atoms with E-state index in [9.17, 15) is 14.0 Å². The van der Waals surface area contributed by atoms with Crippen molar-refractivity contribution in [1.82, 2.24) is 34.8 Å². The highest BCUT2D eigenvalue weighted by Gasteiger charge is 2.31. The molecular weight excluding hydrogens is 654 g/mol. The van der Waals surface area contributed by atoms with E-state index in [-0.39, 0.29) is 30.3 Å². The van der Waals surface area contributed by atoms with Crippen molar-refractivity contribution >= 4 is 34.1 Å². The predicted octanol–water partition coefficient (Wildman–Crippen LogP) is 5.65. The van der Waals surface area contributed by atoms with E-state index < -0.39 is 11.6 Å². The number of fused-ring (bicyclic) bond motifs is 1. The number of piperazine rings is 1. The number of benzene rings is 2. The highest BCUT2D eigenvalue weighted by molar-refractivity contribution is 6.05. The van der Waals surface area contributed by atoms with Gasteiger partial charge in [-0.2, -0.15) is 0 Å². The number of rotatable bonds is 9. The molecule has 1 aliphatic carbocycles. The second kappa shape index (κ2) is 13.6. The molecule has 1 N–H and O–H groups in total. The Hall–Kier alpha value is -5.59. The number of nitrogens with one attached hydrogen (secondary N) is 1. The van der Waals surface area contributed by atoms with E-state index in [1.54, 1.807) is 32.9 Å². The number of nitrogens with zero attached hydrogens (tertiary/aromatic N) is 7. The van der Waals surface area contributed by atoms with Crippen LogP contribution in [0.25, 0.3) is 27.6 Å². The van der Waals surface area contributed by atoms with Crippen LogP contribution >= 0.6 is 0 Å². The summed E-state index contributed by atoms with van der Waals surface area (Å²) in [6.07, 6.45) is 9.55. The van der Waals surface area contributed by atoms with E-state index in [1.807, 2.05) is 29.2 Å². The zero-order chi connectivity index (χ0) is 35.1. The first-order valence-corrected chi connectivity index (χ1v) is 17.4. The van der Waals surface area contributed by atoms with Crippen molar-refractivity contribution < 1.29 is 23.1 Å². The Bertz CT molecular complexity index is 2130. The number of ether oxygens (including phenoxy) is 1. The Morgan fingerprint density at radius 2 is 1.80 bits per heavy atom. The van der Waals surface area contributed by atoms with Gasteiger partial charge < -0.3 is 24.4 Å². The maximum absolute atomic E-state index is 16.8. The number of hydrogen-bond donors (Lipinski definition) is 1. The highest BCUT2D eigenvalue weighted by atomic mass is 19.1. The van der Waals surface area contributed by atoms with Crippen LogP contribution in [0, 0.1) is 11.6 Å². The topological polar surface area (TPSA) is 112 Å². The number of carbonyl (C=O) groups is 2. The number of methoxy groups -OCH3 is 1. The summed E-state index contributed by atoms with van der Waals surface area (Å²) >= 11 is 0. The molecule has 0 radical (unpaired) electrons. The van der Waals surface area contributed by atoms with Crippen LogP contribution in [-0.2, 0) is 11.3 Å². The lowest BCUT2D eigenvalue weighted by Gasteiger charge is -2.35. The van der Waals surface area contributed by atoms with Gasteiger partial charge in [0.1, 0.15) is 11.5 Å². The van der Waals surface area contributed by atoms with Crippen LogP contribution in [0.5, 0.6) is 5.75 Å². The second-order valence-electron chi connectivity index (χ2n) is 13.3. The summed E-state index contributed by atoms with van der Waals surface area (Å²) in [5, 5.41) is 8.40. The zero-order valence-corrected chi connectivity index (χ0v) is 28.3. The van der Waals surface area contributed by atoms with Crippen molar-refractivity contribution in [3.8, 4) is 16.9 Å². The maximum atomic E-state index is 16.8. The number of hydrogen-bond acceptors (Lipinski definition) is 7. The molecule has 2 fully saturated rings. The average Bonchev–Trinajstić information content (AvgIpc) is 3.68. The smallest absolute Gasteiger partial charge is 0.270 e. The third-order valence-corrected chi connectivity index (χ3v) is 10.1. The number of pyridine rings is 1. The molecule has 5 aromatic rings. The molecule has 262 valence electrons. The van der Waals surface area contributed by atoms with Crippen molar-refractivity contribution in [2.75, 3.05) is 51.3 Å². The molecule has 1 saturated carbocycles. The normalized spacial score (nSPS) is 16.5. The largest absolute Gasteiger partial charge is 0.493 e. The summed E-state index contributed by atoms with van der Waals surface area (Å²) in [4.78, 5) is 40.1. The first-order chi connectivity index (χ1) is 24.9. The van der Waals surface area contributed by atoms with Gasteiger partial charge in [-0.25, -0.2) is 13.8 Å². The van der Waals surface area contributed by atoms with Crippen LogP contribution < -0.4 is 9.64 Å². The number of H-pyrrole nitrogens is 1. The molecule has 0 spiro atoms. The van der Waals surface area contributed by atoms with Gasteiger partial charge >= 0.3 is 0 Å². The zero-order valence-electron chi connectivity index (χ0n) is 28.3. The number of carbonyl (C=O) groups excluding carboxylic acids is 2. The van der Waals surface area contributed by atoms with Gasteiger partial charge in [0.25, 0.3) is 5.91 Å². The van der Waals surface area contributed by atoms with Crippen molar-refractivity contribution in [2.24, 2.45) is 0 Å². The average molecular weight is 693 g/mol. The summed E-state index contributed by atoms with van der Waals surface area (Å²) in [6, 6.07) is 13.2. The summed E-state index contributed by atoms with van der Waals surface area (Å²) in [7, 11) is 1.47. The van der Waals surface area contributed by atoms with Crippen LogP contribution in [0.1, 0.15) is 53.2 Å². The van der Waals surface area contributed by atoms with Gasteiger partial charge in [-0.05, 0) is 59.6 Å². The molecule has 11 nitrogen and oxygen atoms in total. The molecule has 2 amide bonds. The molecule has 2 aromatic carbocycles. The molecule has 3 aromatic heterocycles. The number of aromatic nitrogens is 5. The molecule has 1 saturated heterocycles. The minimum absolute atomic E-state index is 0.0293. The van der Waals surface area contributed by atoms with Gasteiger partial charge in [0, 0.05) is 68.9 Å². The first kappa shape index (κ1) is 32.6. The Morgan fingerprint density at radius 3 is 2.57 bits per heavy atom. The molecule has 13 heteroatoms. The lowest BCUT2D eigenvalue weighted by atomic mass is 9.90. The van der Waals surface area contributed by atoms with E-state index in [0.29, 0.717) is 79.8 Å². The molecule has 8 rings (SSSR count). The molecule has 0 bridgehead atoms. The molecular formula is C38H38F2N8O3. The summed E-state index contributed by atoms with van der Waals surface area (Å²) in [5.41, 5.74) is 4.83. The van der Waals surface area contributed by atoms with Crippen LogP contribution in [0.15, 0.2) is 67.1 Å². The van der Waals surface area contributed by atoms with Crippen molar-refractivity contribution in [3.63, 3.8) is 0 Å². The number of halogens is 2. The standard InChI is InChI=1S/C38H38F2N8O3/c1-51-33-19-26(39)22-41-37(33)45-15-17-46(18-16-45)38(50)32-21-31-30(28-7-3-2-6-27(28)24-8-9-24)20-29(35(40)36(31)43-32)25-5-4-12-47(23-25)34(49)10-13-48-14-11-42-44-48/h2-3,5-7,11,14,19-22,24,43H,4,8-10,12-13,15-18,23H2,1H3. The van der Waals surface area contributed by atoms with E-state index in [4.69, 9.17) is 4.74 Å². The number of anilines is 1. The summed E-state index contributed by atoms with van der Waals surface area (Å²) in [5.74, 6) is 0.122. The molecule has 5 heterocycles. The molecule has 0 unspecified atom stereocenters. The fourth-order valence-corrected chi connectivity index (χ4v) is 7.29. The van der Waals surface area contributed by atoms with Crippen molar-refractivity contribution in [1.29, 1.82) is 0 Å². The van der Waals surface area contributed by atoms with Crippen molar-refractivity contribution in [3.05, 3.63) is 95.6 Å². The Balaban J connectivity index is 1.10. The van der Waals surface area contributed by atoms with Crippen LogP contribution in [-0.4, -0.2) is 93.0 Å². The molecule has 3 aliphatic rings. The third-order valence-electron chi connectivity index (χ3n) is 10.1. The Labute approximate surface area is 293 Å². The van der Waals surface area contributed by atoms with Gasteiger partial charge in [0.15, 0.2) is 17.4 Å². The van der Waals surface area contributed by atoms with Crippen LogP contribution in [0.4, 0.5) is 14.6 Å². The van der Waals surface area contributed by atoms with Gasteiger partial charge in [0.2, 0.25) is 5.91 Å². The molecule has 0 atom stereocenters. The predicted molar refractivity (Wildman–Crippen MR) is 188 cm³/mol. The van der Waals surface area contributed by atoms with E-state index >= 15 is 4.39 Å². The number of amides is 2. The fourth-order valence-electron chi connectivity index (χ4n) is 7.29.